The molecule has 1 fully saturated rings. The number of carboxylic acid groups (broad SMARTS) is 1. The van der Waals surface area contributed by atoms with Gasteiger partial charge >= 0.3 is 6.09 Å². The monoisotopic (exact) mass is 273 g/mol. The number of thiazole rings is 1. The molecule has 6 nitrogen and oxygen atoms in total. The van der Waals surface area contributed by atoms with E-state index in [9.17, 15) is 9.18 Å². The lowest BCUT2D eigenvalue weighted by molar-refractivity contribution is 0.0549. The Morgan fingerprint density at radius 2 is 2.28 bits per heavy atom. The van der Waals surface area contributed by atoms with E-state index < -0.39 is 11.8 Å². The number of halogens is 1. The normalized spacial score (nSPS) is 19.3. The summed E-state index contributed by atoms with van der Waals surface area (Å²) in [5, 5.41) is 21.9. The predicted octanol–water partition coefficient (Wildman–Crippen LogP) is 1.89. The van der Waals surface area contributed by atoms with Crippen LogP contribution >= 0.6 is 11.3 Å². The van der Waals surface area contributed by atoms with E-state index in [0.29, 0.717) is 10.7 Å². The standard InChI is InChI=1S/C10H12FN3O3S/c11-10(1-3-14(4-2-10)9(15)16)8-13-7(5-12-17)6-18-8/h5-6,17H,1-4H2,(H,15,16)/b12-5-. The number of rotatable bonds is 2. The fraction of sp³-hybridized carbons (Fsp3) is 0.500. The van der Waals surface area contributed by atoms with Gasteiger partial charge in [-0.25, -0.2) is 14.2 Å². The smallest absolute Gasteiger partial charge is 0.407 e. The summed E-state index contributed by atoms with van der Waals surface area (Å²) in [6, 6.07) is 0. The van der Waals surface area contributed by atoms with Gasteiger partial charge in [-0.1, -0.05) is 5.16 Å². The fourth-order valence-corrected chi connectivity index (χ4v) is 2.80. The highest BCUT2D eigenvalue weighted by Crippen LogP contribution is 2.38. The number of nitrogens with zero attached hydrogens (tertiary/aromatic N) is 3. The molecule has 1 aliphatic rings. The molecule has 8 heteroatoms. The largest absolute Gasteiger partial charge is 0.465 e. The average molecular weight is 273 g/mol. The van der Waals surface area contributed by atoms with Gasteiger partial charge in [0.05, 0.1) is 11.9 Å². The number of hydrogen-bond acceptors (Lipinski definition) is 5. The maximum Gasteiger partial charge on any atom is 0.407 e. The SMILES string of the molecule is O=C(O)N1CCC(F)(c2nc(/C=N\O)cs2)CC1. The number of oxime groups is 1. The predicted molar refractivity (Wildman–Crippen MR) is 63.1 cm³/mol. The average Bonchev–Trinajstić information content (AvgIpc) is 2.79. The van der Waals surface area contributed by atoms with E-state index in [2.05, 4.69) is 10.1 Å². The minimum absolute atomic E-state index is 0.0997. The van der Waals surface area contributed by atoms with Gasteiger partial charge < -0.3 is 15.2 Å². The molecular formula is C10H12FN3O3S. The Morgan fingerprint density at radius 1 is 1.61 bits per heavy atom. The molecule has 18 heavy (non-hydrogen) atoms. The minimum atomic E-state index is -1.59. The summed E-state index contributed by atoms with van der Waals surface area (Å²) >= 11 is 1.15. The van der Waals surface area contributed by atoms with E-state index in [1.165, 1.54) is 4.90 Å². The molecule has 0 unspecified atom stereocenters. The topological polar surface area (TPSA) is 86.0 Å². The van der Waals surface area contributed by atoms with Gasteiger partial charge in [-0.3, -0.25) is 0 Å². The highest BCUT2D eigenvalue weighted by atomic mass is 32.1. The van der Waals surface area contributed by atoms with Crippen LogP contribution in [0.1, 0.15) is 23.5 Å². The molecule has 0 radical (unpaired) electrons. The number of amides is 1. The molecule has 0 spiro atoms. The molecule has 0 saturated carbocycles. The lowest BCUT2D eigenvalue weighted by atomic mass is 9.94. The van der Waals surface area contributed by atoms with Gasteiger partial charge in [0.2, 0.25) is 0 Å². The van der Waals surface area contributed by atoms with Crippen molar-refractivity contribution in [2.75, 3.05) is 13.1 Å². The lowest BCUT2D eigenvalue weighted by Gasteiger charge is -2.33. The van der Waals surface area contributed by atoms with Gasteiger partial charge in [0.15, 0.2) is 5.67 Å². The van der Waals surface area contributed by atoms with Crippen molar-refractivity contribution in [3.05, 3.63) is 16.1 Å². The van der Waals surface area contributed by atoms with Crippen molar-refractivity contribution in [3.8, 4) is 0 Å². The Bertz CT molecular complexity index is 469. The van der Waals surface area contributed by atoms with Gasteiger partial charge in [0.1, 0.15) is 5.01 Å². The van der Waals surface area contributed by atoms with Crippen molar-refractivity contribution in [2.45, 2.75) is 18.5 Å². The lowest BCUT2D eigenvalue weighted by Crippen LogP contribution is -2.42. The van der Waals surface area contributed by atoms with Crippen molar-refractivity contribution >= 4 is 23.6 Å². The molecule has 1 amide bonds. The second kappa shape index (κ2) is 4.89. The first kappa shape index (κ1) is 12.7. The fourth-order valence-electron chi connectivity index (χ4n) is 1.88. The summed E-state index contributed by atoms with van der Waals surface area (Å²) in [6.45, 7) is 0.323. The molecule has 2 N–H and O–H groups in total. The number of aromatic nitrogens is 1. The van der Waals surface area contributed by atoms with Crippen LogP contribution in [0.3, 0.4) is 0 Å². The van der Waals surface area contributed by atoms with Gasteiger partial charge in [0.25, 0.3) is 0 Å². The van der Waals surface area contributed by atoms with E-state index in [1.54, 1.807) is 5.38 Å². The zero-order chi connectivity index (χ0) is 13.2. The van der Waals surface area contributed by atoms with Crippen molar-refractivity contribution in [3.63, 3.8) is 0 Å². The molecule has 0 aromatic carbocycles. The number of alkyl halides is 1. The van der Waals surface area contributed by atoms with Crippen LogP contribution in [-0.4, -0.2) is 45.6 Å². The van der Waals surface area contributed by atoms with Crippen LogP contribution in [0.5, 0.6) is 0 Å². The molecule has 1 saturated heterocycles. The molecule has 2 rings (SSSR count). The molecule has 98 valence electrons. The van der Waals surface area contributed by atoms with Gasteiger partial charge in [-0.15, -0.1) is 11.3 Å². The van der Waals surface area contributed by atoms with E-state index >= 15 is 0 Å². The molecule has 1 aromatic heterocycles. The third kappa shape index (κ3) is 2.42. The highest BCUT2D eigenvalue weighted by Gasteiger charge is 2.40. The number of likely N-dealkylation sites (tertiary alicyclic amines) is 1. The summed E-state index contributed by atoms with van der Waals surface area (Å²) in [7, 11) is 0. The van der Waals surface area contributed by atoms with Gasteiger partial charge in [0, 0.05) is 31.3 Å². The van der Waals surface area contributed by atoms with E-state index in [0.717, 1.165) is 17.6 Å². The molecular weight excluding hydrogens is 261 g/mol. The molecule has 0 bridgehead atoms. The Hall–Kier alpha value is -1.70. The van der Waals surface area contributed by atoms with Crippen LogP contribution < -0.4 is 0 Å². The number of hydrogen-bond donors (Lipinski definition) is 2. The third-order valence-corrected chi connectivity index (χ3v) is 3.96. The van der Waals surface area contributed by atoms with Crippen LogP contribution in [0, 0.1) is 0 Å². The second-order valence-electron chi connectivity index (χ2n) is 4.06. The second-order valence-corrected chi connectivity index (χ2v) is 4.92. The Kier molecular flexibility index (Phi) is 3.46. The van der Waals surface area contributed by atoms with Crippen LogP contribution in [0.4, 0.5) is 9.18 Å². The van der Waals surface area contributed by atoms with Crippen LogP contribution in [0.25, 0.3) is 0 Å². The maximum absolute atomic E-state index is 14.6. The van der Waals surface area contributed by atoms with Crippen molar-refractivity contribution in [1.29, 1.82) is 0 Å². The highest BCUT2D eigenvalue weighted by molar-refractivity contribution is 7.10. The van der Waals surface area contributed by atoms with Crippen molar-refractivity contribution in [2.24, 2.45) is 5.16 Å². The van der Waals surface area contributed by atoms with Gasteiger partial charge in [-0.05, 0) is 0 Å². The van der Waals surface area contributed by atoms with E-state index in [4.69, 9.17) is 10.3 Å². The van der Waals surface area contributed by atoms with E-state index in [-0.39, 0.29) is 25.9 Å². The Labute approximate surface area is 106 Å². The quantitative estimate of drug-likeness (QED) is 0.489. The zero-order valence-corrected chi connectivity index (χ0v) is 10.2. The minimum Gasteiger partial charge on any atom is -0.465 e. The Balaban J connectivity index is 2.10. The third-order valence-electron chi connectivity index (χ3n) is 2.92. The van der Waals surface area contributed by atoms with Crippen molar-refractivity contribution < 1.29 is 19.5 Å². The summed E-state index contributed by atoms with van der Waals surface area (Å²) < 4.78 is 14.6. The van der Waals surface area contributed by atoms with Crippen LogP contribution in [-0.2, 0) is 5.67 Å². The van der Waals surface area contributed by atoms with Crippen LogP contribution in [0.2, 0.25) is 0 Å². The zero-order valence-electron chi connectivity index (χ0n) is 9.41. The Morgan fingerprint density at radius 3 is 2.83 bits per heavy atom. The molecule has 1 aliphatic heterocycles. The van der Waals surface area contributed by atoms with E-state index in [1.807, 2.05) is 0 Å². The maximum atomic E-state index is 14.6. The first-order valence-electron chi connectivity index (χ1n) is 5.35. The van der Waals surface area contributed by atoms with Crippen molar-refractivity contribution in [1.82, 2.24) is 9.88 Å². The van der Waals surface area contributed by atoms with Gasteiger partial charge in [-0.2, -0.15) is 0 Å². The first-order valence-corrected chi connectivity index (χ1v) is 6.23. The summed E-state index contributed by atoms with van der Waals surface area (Å²) in [6.07, 6.45) is 0.310. The summed E-state index contributed by atoms with van der Waals surface area (Å²) in [5.41, 5.74) is -1.19. The molecule has 0 atom stereocenters. The van der Waals surface area contributed by atoms with Crippen LogP contribution in [0.15, 0.2) is 10.5 Å². The number of piperidine rings is 1. The summed E-state index contributed by atoms with van der Waals surface area (Å²) in [5.74, 6) is 0. The summed E-state index contributed by atoms with van der Waals surface area (Å²) in [4.78, 5) is 16.0. The first-order chi connectivity index (χ1) is 8.55. The molecule has 2 heterocycles. The number of carbonyl (C=O) groups is 1. The molecule has 0 aliphatic carbocycles. The molecule has 1 aromatic rings.